The van der Waals surface area contributed by atoms with E-state index in [-0.39, 0.29) is 6.04 Å². The van der Waals surface area contributed by atoms with E-state index < -0.39 is 5.97 Å². The fraction of sp³-hybridized carbons (Fsp3) is 0.846. The van der Waals surface area contributed by atoms with Crippen molar-refractivity contribution >= 4 is 5.97 Å². The number of carboxylic acids is 1. The van der Waals surface area contributed by atoms with Crippen molar-refractivity contribution in [1.82, 2.24) is 25.9 Å². The van der Waals surface area contributed by atoms with Gasteiger partial charge < -0.3 is 10.4 Å². The molecule has 110 valence electrons. The Morgan fingerprint density at radius 3 is 2.95 bits per heavy atom. The second-order valence-electron chi connectivity index (χ2n) is 6.10. The Balaban J connectivity index is 1.52. The van der Waals surface area contributed by atoms with Crippen LogP contribution in [0.5, 0.6) is 0 Å². The molecule has 7 nitrogen and oxygen atoms in total. The van der Waals surface area contributed by atoms with Crippen LogP contribution >= 0.6 is 0 Å². The third-order valence-electron chi connectivity index (χ3n) is 4.88. The van der Waals surface area contributed by atoms with Gasteiger partial charge in [0.1, 0.15) is 6.04 Å². The van der Waals surface area contributed by atoms with E-state index in [1.807, 2.05) is 0 Å². The van der Waals surface area contributed by atoms with E-state index in [0.717, 1.165) is 38.1 Å². The van der Waals surface area contributed by atoms with Crippen molar-refractivity contribution in [3.8, 4) is 0 Å². The van der Waals surface area contributed by atoms with Crippen LogP contribution in [0, 0.1) is 17.8 Å². The first-order chi connectivity index (χ1) is 9.72. The lowest BCUT2D eigenvalue weighted by atomic mass is 9.69. The number of carbonyl (C=O) groups is 1. The summed E-state index contributed by atoms with van der Waals surface area (Å²) in [6.07, 6.45) is 6.30. The summed E-state index contributed by atoms with van der Waals surface area (Å²) in [5.74, 6) is 1.95. The Bertz CT molecular complexity index is 450. The second-order valence-corrected chi connectivity index (χ2v) is 6.10. The average Bonchev–Trinajstić information content (AvgIpc) is 2.97. The largest absolute Gasteiger partial charge is 0.480 e. The monoisotopic (exact) mass is 279 g/mol. The van der Waals surface area contributed by atoms with Gasteiger partial charge in [-0.2, -0.15) is 5.21 Å². The van der Waals surface area contributed by atoms with Crippen LogP contribution in [0.2, 0.25) is 0 Å². The third kappa shape index (κ3) is 2.98. The van der Waals surface area contributed by atoms with Gasteiger partial charge in [0.05, 0.1) is 0 Å². The number of tetrazole rings is 1. The number of hydrogen-bond acceptors (Lipinski definition) is 5. The average molecular weight is 279 g/mol. The molecule has 1 aromatic rings. The maximum absolute atomic E-state index is 11.1. The Morgan fingerprint density at radius 1 is 1.30 bits per heavy atom. The standard InChI is InChI=1S/C13H21N5O2/c19-13(20)11-6-10-5-8(1-3-9(10)7-14-11)2-4-12-15-17-18-16-12/h8-11,14H,1-7H2,(H,19,20)(H,15,16,17,18)/t8-,9-,10+,11+/m1/s1. The number of nitrogens with zero attached hydrogens (tertiary/aromatic N) is 3. The van der Waals surface area contributed by atoms with E-state index in [1.54, 1.807) is 0 Å². The van der Waals surface area contributed by atoms with Crippen molar-refractivity contribution in [2.75, 3.05) is 6.54 Å². The highest BCUT2D eigenvalue weighted by atomic mass is 16.4. The number of carboxylic acid groups (broad SMARTS) is 1. The second kappa shape index (κ2) is 5.87. The molecule has 1 saturated carbocycles. The Labute approximate surface area is 117 Å². The number of aryl methyl sites for hydroxylation is 1. The summed E-state index contributed by atoms with van der Waals surface area (Å²) < 4.78 is 0. The first-order valence-corrected chi connectivity index (χ1v) is 7.41. The van der Waals surface area contributed by atoms with E-state index in [0.29, 0.717) is 17.8 Å². The first-order valence-electron chi connectivity index (χ1n) is 7.41. The number of aromatic nitrogens is 4. The predicted octanol–water partition coefficient (Wildman–Crippen LogP) is 0.611. The molecule has 2 heterocycles. The predicted molar refractivity (Wildman–Crippen MR) is 70.9 cm³/mol. The molecule has 1 aliphatic heterocycles. The quantitative estimate of drug-likeness (QED) is 0.746. The Kier molecular flexibility index (Phi) is 3.95. The molecular formula is C13H21N5O2. The van der Waals surface area contributed by atoms with Gasteiger partial charge in [-0.1, -0.05) is 11.6 Å². The normalized spacial score (nSPS) is 33.6. The molecule has 0 spiro atoms. The Morgan fingerprint density at radius 2 is 2.20 bits per heavy atom. The lowest BCUT2D eigenvalue weighted by Gasteiger charge is -2.41. The fourth-order valence-corrected chi connectivity index (χ4v) is 3.73. The molecule has 2 fully saturated rings. The van der Waals surface area contributed by atoms with Gasteiger partial charge in [0.25, 0.3) is 0 Å². The molecule has 1 aromatic heterocycles. The van der Waals surface area contributed by atoms with Crippen molar-refractivity contribution in [1.29, 1.82) is 0 Å². The van der Waals surface area contributed by atoms with Crippen molar-refractivity contribution in [3.63, 3.8) is 0 Å². The van der Waals surface area contributed by atoms with Crippen molar-refractivity contribution < 1.29 is 9.90 Å². The summed E-state index contributed by atoms with van der Waals surface area (Å²) >= 11 is 0. The van der Waals surface area contributed by atoms with Gasteiger partial charge in [0.2, 0.25) is 0 Å². The summed E-state index contributed by atoms with van der Waals surface area (Å²) in [7, 11) is 0. The van der Waals surface area contributed by atoms with E-state index in [2.05, 4.69) is 25.9 Å². The number of aliphatic carboxylic acids is 1. The SMILES string of the molecule is O=C(O)[C@@H]1C[C@@H]2C[C@@H](CCc3nn[nH]n3)CC[C@@H]2CN1. The van der Waals surface area contributed by atoms with Crippen LogP contribution in [0.4, 0.5) is 0 Å². The number of H-pyrrole nitrogens is 1. The number of hydrogen-bond donors (Lipinski definition) is 3. The van der Waals surface area contributed by atoms with Crippen LogP contribution in [0.3, 0.4) is 0 Å². The van der Waals surface area contributed by atoms with Gasteiger partial charge >= 0.3 is 5.97 Å². The number of nitrogens with one attached hydrogen (secondary N) is 2. The highest BCUT2D eigenvalue weighted by molar-refractivity contribution is 5.73. The van der Waals surface area contributed by atoms with Gasteiger partial charge in [-0.15, -0.1) is 10.2 Å². The molecule has 3 N–H and O–H groups in total. The lowest BCUT2D eigenvalue weighted by molar-refractivity contribution is -0.141. The van der Waals surface area contributed by atoms with Gasteiger partial charge in [0.15, 0.2) is 5.82 Å². The minimum Gasteiger partial charge on any atom is -0.480 e. The molecule has 20 heavy (non-hydrogen) atoms. The molecule has 0 aromatic carbocycles. The maximum Gasteiger partial charge on any atom is 0.320 e. The van der Waals surface area contributed by atoms with Crippen LogP contribution in [0.1, 0.15) is 37.9 Å². The molecular weight excluding hydrogens is 258 g/mol. The van der Waals surface area contributed by atoms with Gasteiger partial charge in [-0.3, -0.25) is 4.79 Å². The van der Waals surface area contributed by atoms with E-state index in [4.69, 9.17) is 5.11 Å². The molecule has 0 radical (unpaired) electrons. The first kappa shape index (κ1) is 13.5. The molecule has 0 amide bonds. The van der Waals surface area contributed by atoms with Crippen LogP contribution < -0.4 is 5.32 Å². The highest BCUT2D eigenvalue weighted by Gasteiger charge is 2.37. The number of piperidine rings is 1. The lowest BCUT2D eigenvalue weighted by Crippen LogP contribution is -2.49. The van der Waals surface area contributed by atoms with Crippen LogP contribution in [0.25, 0.3) is 0 Å². The highest BCUT2D eigenvalue weighted by Crippen LogP contribution is 2.40. The van der Waals surface area contributed by atoms with Crippen molar-refractivity contribution in [2.24, 2.45) is 17.8 Å². The summed E-state index contributed by atoms with van der Waals surface area (Å²) in [6.45, 7) is 0.860. The zero-order chi connectivity index (χ0) is 13.9. The zero-order valence-corrected chi connectivity index (χ0v) is 11.5. The topological polar surface area (TPSA) is 104 Å². The minimum atomic E-state index is -0.711. The molecule has 1 saturated heterocycles. The van der Waals surface area contributed by atoms with Crippen LogP contribution in [-0.2, 0) is 11.2 Å². The van der Waals surface area contributed by atoms with Crippen LogP contribution in [-0.4, -0.2) is 44.3 Å². The molecule has 0 bridgehead atoms. The molecule has 7 heteroatoms. The number of aromatic amines is 1. The molecule has 0 unspecified atom stereocenters. The fourth-order valence-electron chi connectivity index (χ4n) is 3.73. The summed E-state index contributed by atoms with van der Waals surface area (Å²) in [5.41, 5.74) is 0. The van der Waals surface area contributed by atoms with Gasteiger partial charge in [-0.25, -0.2) is 0 Å². The molecule has 4 atom stereocenters. The van der Waals surface area contributed by atoms with Crippen LogP contribution in [0.15, 0.2) is 0 Å². The third-order valence-corrected chi connectivity index (χ3v) is 4.88. The summed E-state index contributed by atoms with van der Waals surface area (Å²) in [4.78, 5) is 11.1. The number of fused-ring (bicyclic) bond motifs is 1. The summed E-state index contributed by atoms with van der Waals surface area (Å²) in [6, 6.07) is -0.354. The maximum atomic E-state index is 11.1. The minimum absolute atomic E-state index is 0.354. The smallest absolute Gasteiger partial charge is 0.320 e. The Hall–Kier alpha value is -1.50. The molecule has 3 rings (SSSR count). The zero-order valence-electron chi connectivity index (χ0n) is 11.5. The molecule has 2 aliphatic rings. The van der Waals surface area contributed by atoms with Gasteiger partial charge in [-0.05, 0) is 50.0 Å². The van der Waals surface area contributed by atoms with Crippen molar-refractivity contribution in [2.45, 2.75) is 44.6 Å². The number of rotatable bonds is 4. The molecule has 1 aliphatic carbocycles. The van der Waals surface area contributed by atoms with Crippen molar-refractivity contribution in [3.05, 3.63) is 5.82 Å². The van der Waals surface area contributed by atoms with Gasteiger partial charge in [0, 0.05) is 6.42 Å². The summed E-state index contributed by atoms with van der Waals surface area (Å²) in [5, 5.41) is 26.3. The van der Waals surface area contributed by atoms with E-state index >= 15 is 0 Å². The van der Waals surface area contributed by atoms with E-state index in [9.17, 15) is 4.79 Å². The van der Waals surface area contributed by atoms with E-state index in [1.165, 1.54) is 12.8 Å².